The number of cyclic esters (lactones) is 1. The highest BCUT2D eigenvalue weighted by atomic mass is 16.6. The molecule has 7 fully saturated rings. The fourth-order valence-corrected chi connectivity index (χ4v) is 11.7. The lowest BCUT2D eigenvalue weighted by Crippen LogP contribution is -2.85. The Bertz CT molecular complexity index is 1250. The van der Waals surface area contributed by atoms with Gasteiger partial charge in [0.1, 0.15) is 11.9 Å². The summed E-state index contributed by atoms with van der Waals surface area (Å²) in [7, 11) is 0. The highest BCUT2D eigenvalue weighted by Crippen LogP contribution is 2.79. The molecule has 5 heterocycles. The third-order valence-corrected chi connectivity index (χ3v) is 13.1. The second-order valence-corrected chi connectivity index (χ2v) is 14.6. The average molecular weight is 542 g/mol. The van der Waals surface area contributed by atoms with Crippen LogP contribution in [0.25, 0.3) is 0 Å². The van der Waals surface area contributed by atoms with Gasteiger partial charge in [0, 0.05) is 40.5 Å². The number of carbonyl (C=O) groups excluding carboxylic acids is 3. The molecule has 9 heteroatoms. The number of hydrogen-bond acceptors (Lipinski definition) is 9. The molecule has 0 aromatic carbocycles. The summed E-state index contributed by atoms with van der Waals surface area (Å²) in [4.78, 5) is 43.2. The number of piperidine rings is 1. The van der Waals surface area contributed by atoms with E-state index < -0.39 is 57.7 Å². The molecule has 13 atom stereocenters. The third-order valence-electron chi connectivity index (χ3n) is 13.1. The topological polar surface area (TPSA) is 123 Å². The van der Waals surface area contributed by atoms with E-state index >= 15 is 0 Å². The highest BCUT2D eigenvalue weighted by Gasteiger charge is 2.90. The van der Waals surface area contributed by atoms with Crippen LogP contribution < -0.4 is 0 Å². The minimum atomic E-state index is -1.29. The van der Waals surface area contributed by atoms with Crippen molar-refractivity contribution in [1.82, 2.24) is 4.90 Å². The third kappa shape index (κ3) is 2.41. The summed E-state index contributed by atoms with van der Waals surface area (Å²) in [6.07, 6.45) is 1.87. The summed E-state index contributed by atoms with van der Waals surface area (Å²) < 4.78 is 19.3. The summed E-state index contributed by atoms with van der Waals surface area (Å²) in [5, 5.41) is 24.8. The Morgan fingerprint density at radius 1 is 1.10 bits per heavy atom. The molecule has 5 saturated heterocycles. The molecule has 8 rings (SSSR count). The zero-order valence-corrected chi connectivity index (χ0v) is 23.1. The Morgan fingerprint density at radius 3 is 2.59 bits per heavy atom. The molecule has 0 amide bonds. The van der Waals surface area contributed by atoms with Crippen LogP contribution in [0.3, 0.4) is 0 Å². The SMILES string of the molecule is CC1=CC(=O)[C@@H]2[C@@H](C1)[C@]13CO[C@@]4([C@H]1O)N1C[C@H]5C[C@H](C)C[C@@]1(O5)[C@@H](O)C[C@@]4(C)[C@]1(COC(=O)C1)[C@H]3C(=O)[C@@H]2C. The summed E-state index contributed by atoms with van der Waals surface area (Å²) in [5.41, 5.74) is -4.39. The summed E-state index contributed by atoms with van der Waals surface area (Å²) in [6, 6.07) is 0. The lowest BCUT2D eigenvalue weighted by atomic mass is 9.33. The molecule has 2 saturated carbocycles. The van der Waals surface area contributed by atoms with E-state index in [2.05, 4.69) is 11.8 Å². The van der Waals surface area contributed by atoms with Crippen LogP contribution >= 0.6 is 0 Å². The number of rotatable bonds is 0. The number of aliphatic hydroxyl groups is 2. The number of carbonyl (C=O) groups is 3. The van der Waals surface area contributed by atoms with Gasteiger partial charge in [-0.15, -0.1) is 0 Å². The number of hydrogen-bond donors (Lipinski definition) is 2. The van der Waals surface area contributed by atoms with Crippen LogP contribution in [0.4, 0.5) is 0 Å². The monoisotopic (exact) mass is 541 g/mol. The molecular weight excluding hydrogens is 502 g/mol. The molecule has 0 aromatic heterocycles. The van der Waals surface area contributed by atoms with Gasteiger partial charge in [-0.05, 0) is 50.5 Å². The van der Waals surface area contributed by atoms with E-state index in [0.717, 1.165) is 12.0 Å². The van der Waals surface area contributed by atoms with Crippen molar-refractivity contribution >= 4 is 17.5 Å². The van der Waals surface area contributed by atoms with E-state index in [-0.39, 0.29) is 55.6 Å². The van der Waals surface area contributed by atoms with Crippen LogP contribution in [0.1, 0.15) is 59.8 Å². The van der Waals surface area contributed by atoms with Gasteiger partial charge in [0.15, 0.2) is 17.2 Å². The van der Waals surface area contributed by atoms with Crippen molar-refractivity contribution in [3.63, 3.8) is 0 Å². The van der Waals surface area contributed by atoms with Crippen LogP contribution in [-0.4, -0.2) is 82.2 Å². The number of esters is 1. The predicted octanol–water partition coefficient (Wildman–Crippen LogP) is 1.59. The van der Waals surface area contributed by atoms with Crippen LogP contribution in [-0.2, 0) is 28.6 Å². The summed E-state index contributed by atoms with van der Waals surface area (Å²) in [6.45, 7) is 8.59. The Hall–Kier alpha value is -1.65. The zero-order chi connectivity index (χ0) is 27.5. The fourth-order valence-electron chi connectivity index (χ4n) is 11.7. The maximum Gasteiger partial charge on any atom is 0.306 e. The lowest BCUT2D eigenvalue weighted by Gasteiger charge is -2.73. The van der Waals surface area contributed by atoms with Gasteiger partial charge < -0.3 is 24.4 Å². The number of Topliss-reactive ketones (excluding diaryl/α,β-unsaturated/α-hetero) is 1. The predicted molar refractivity (Wildman–Crippen MR) is 135 cm³/mol. The minimum Gasteiger partial charge on any atom is -0.465 e. The first-order chi connectivity index (χ1) is 18.4. The number of fused-ring (bicyclic) bond motifs is 4. The smallest absolute Gasteiger partial charge is 0.306 e. The number of ketones is 2. The molecule has 4 bridgehead atoms. The molecule has 0 unspecified atom stereocenters. The molecule has 39 heavy (non-hydrogen) atoms. The van der Waals surface area contributed by atoms with E-state index in [1.54, 1.807) is 6.08 Å². The number of ether oxygens (including phenoxy) is 3. The van der Waals surface area contributed by atoms with Crippen molar-refractivity contribution in [3.05, 3.63) is 11.6 Å². The first-order valence-corrected chi connectivity index (χ1v) is 14.7. The Balaban J connectivity index is 1.41. The molecule has 5 aliphatic heterocycles. The van der Waals surface area contributed by atoms with Gasteiger partial charge in [0.05, 0.1) is 31.8 Å². The van der Waals surface area contributed by atoms with Gasteiger partial charge >= 0.3 is 5.97 Å². The molecule has 9 nitrogen and oxygen atoms in total. The fraction of sp³-hybridized carbons (Fsp3) is 0.833. The van der Waals surface area contributed by atoms with Gasteiger partial charge in [-0.1, -0.05) is 26.3 Å². The van der Waals surface area contributed by atoms with Crippen LogP contribution in [0.15, 0.2) is 11.6 Å². The maximum absolute atomic E-state index is 14.6. The molecule has 0 radical (unpaired) electrons. The van der Waals surface area contributed by atoms with Gasteiger partial charge in [-0.2, -0.15) is 0 Å². The first-order valence-electron chi connectivity index (χ1n) is 14.7. The quantitative estimate of drug-likeness (QED) is 0.440. The number of nitrogens with zero attached hydrogens (tertiary/aromatic N) is 1. The van der Waals surface area contributed by atoms with E-state index in [1.807, 2.05) is 20.8 Å². The second kappa shape index (κ2) is 7.21. The Morgan fingerprint density at radius 2 is 1.87 bits per heavy atom. The van der Waals surface area contributed by atoms with Gasteiger partial charge in [-0.3, -0.25) is 14.4 Å². The first kappa shape index (κ1) is 25.1. The highest BCUT2D eigenvalue weighted by molar-refractivity contribution is 6.00. The standard InChI is InChI=1S/C30H39NO8/c1-14-6-18-22(19(32)7-14)16(3)23(35)24-27(10-21(34)37-12-27)26(4)9-20(33)29-8-15(2)5-17(39-29)11-31(29)30(26)25(36)28(18,24)13-38-30/h7,15-18,20,22,24-25,33,36H,5-6,8-13H2,1-4H3/t15-,16+,17+,18+,20-,22-,24+,25-,26-,27+,28-,29+,30+/m0/s1. The number of aliphatic hydroxyl groups excluding tert-OH is 2. The van der Waals surface area contributed by atoms with Crippen LogP contribution in [0.5, 0.6) is 0 Å². The van der Waals surface area contributed by atoms with E-state index in [9.17, 15) is 24.6 Å². The molecule has 3 aliphatic carbocycles. The van der Waals surface area contributed by atoms with Crippen molar-refractivity contribution in [2.45, 2.75) is 89.6 Å². The Labute approximate surface area is 228 Å². The van der Waals surface area contributed by atoms with Crippen molar-refractivity contribution in [1.29, 1.82) is 0 Å². The van der Waals surface area contributed by atoms with Gasteiger partial charge in [-0.25, -0.2) is 4.90 Å². The largest absolute Gasteiger partial charge is 0.465 e. The molecule has 2 N–H and O–H groups in total. The lowest BCUT2D eigenvalue weighted by molar-refractivity contribution is -0.384. The van der Waals surface area contributed by atoms with E-state index in [0.29, 0.717) is 25.3 Å². The van der Waals surface area contributed by atoms with Crippen molar-refractivity contribution in [3.8, 4) is 0 Å². The normalized spacial score (nSPS) is 59.4. The van der Waals surface area contributed by atoms with Crippen molar-refractivity contribution < 1.29 is 38.8 Å². The minimum absolute atomic E-state index is 0.0284. The second-order valence-electron chi connectivity index (χ2n) is 14.6. The number of allylic oxidation sites excluding steroid dienone is 2. The molecular formula is C30H39NO8. The maximum atomic E-state index is 14.6. The zero-order valence-electron chi connectivity index (χ0n) is 23.1. The summed E-state index contributed by atoms with van der Waals surface area (Å²) in [5.74, 6) is -2.31. The van der Waals surface area contributed by atoms with Crippen LogP contribution in [0.2, 0.25) is 0 Å². The van der Waals surface area contributed by atoms with Crippen LogP contribution in [0, 0.1) is 45.8 Å². The molecule has 212 valence electrons. The van der Waals surface area contributed by atoms with Gasteiger partial charge in [0.25, 0.3) is 0 Å². The molecule has 4 spiro atoms. The van der Waals surface area contributed by atoms with Crippen molar-refractivity contribution in [2.75, 3.05) is 19.8 Å². The van der Waals surface area contributed by atoms with E-state index in [1.165, 1.54) is 0 Å². The van der Waals surface area contributed by atoms with Gasteiger partial charge in [0.2, 0.25) is 0 Å². The summed E-state index contributed by atoms with van der Waals surface area (Å²) >= 11 is 0. The Kier molecular flexibility index (Phi) is 4.64. The average Bonchev–Trinajstić information content (AvgIpc) is 3.47. The van der Waals surface area contributed by atoms with Crippen molar-refractivity contribution in [2.24, 2.45) is 45.8 Å². The molecule has 8 aliphatic rings. The van der Waals surface area contributed by atoms with E-state index in [4.69, 9.17) is 14.2 Å². The molecule has 0 aromatic rings.